The SMILES string of the molecule is O=C(NCCC1CNCCO1)Nc1ccccc1. The van der Waals surface area contributed by atoms with Crippen molar-refractivity contribution in [2.75, 3.05) is 31.6 Å². The number of hydrogen-bond acceptors (Lipinski definition) is 3. The van der Waals surface area contributed by atoms with Crippen LogP contribution in [0.4, 0.5) is 10.5 Å². The van der Waals surface area contributed by atoms with Gasteiger partial charge < -0.3 is 20.7 Å². The van der Waals surface area contributed by atoms with Gasteiger partial charge in [-0.3, -0.25) is 0 Å². The number of nitrogens with one attached hydrogen (secondary N) is 3. The quantitative estimate of drug-likeness (QED) is 0.751. The lowest BCUT2D eigenvalue weighted by molar-refractivity contribution is 0.0243. The maximum Gasteiger partial charge on any atom is 0.319 e. The van der Waals surface area contributed by atoms with Crippen LogP contribution in [0.2, 0.25) is 0 Å². The van der Waals surface area contributed by atoms with Crippen LogP contribution in [0.25, 0.3) is 0 Å². The summed E-state index contributed by atoms with van der Waals surface area (Å²) >= 11 is 0. The van der Waals surface area contributed by atoms with Crippen LogP contribution in [0.1, 0.15) is 6.42 Å². The molecule has 0 radical (unpaired) electrons. The van der Waals surface area contributed by atoms with Crippen molar-refractivity contribution in [3.63, 3.8) is 0 Å². The number of carbonyl (C=O) groups is 1. The zero-order valence-corrected chi connectivity index (χ0v) is 10.3. The molecule has 0 aromatic heterocycles. The molecule has 1 atom stereocenters. The van der Waals surface area contributed by atoms with E-state index in [0.717, 1.165) is 31.8 Å². The van der Waals surface area contributed by atoms with Crippen molar-refractivity contribution in [3.05, 3.63) is 30.3 Å². The zero-order chi connectivity index (χ0) is 12.6. The van der Waals surface area contributed by atoms with E-state index in [1.165, 1.54) is 0 Å². The molecule has 1 unspecified atom stereocenters. The van der Waals surface area contributed by atoms with Crippen LogP contribution in [-0.2, 0) is 4.74 Å². The summed E-state index contributed by atoms with van der Waals surface area (Å²) in [5, 5.41) is 8.85. The summed E-state index contributed by atoms with van der Waals surface area (Å²) in [6.45, 7) is 3.15. The maximum absolute atomic E-state index is 11.6. The van der Waals surface area contributed by atoms with Crippen molar-refractivity contribution in [1.82, 2.24) is 10.6 Å². The Hall–Kier alpha value is -1.59. The summed E-state index contributed by atoms with van der Waals surface area (Å²) < 4.78 is 5.54. The molecule has 1 heterocycles. The number of anilines is 1. The summed E-state index contributed by atoms with van der Waals surface area (Å²) in [5.41, 5.74) is 0.797. The molecule has 5 heteroatoms. The van der Waals surface area contributed by atoms with E-state index in [2.05, 4.69) is 16.0 Å². The average molecular weight is 249 g/mol. The molecule has 18 heavy (non-hydrogen) atoms. The summed E-state index contributed by atoms with van der Waals surface area (Å²) in [6, 6.07) is 9.22. The number of rotatable bonds is 4. The Morgan fingerprint density at radius 3 is 2.94 bits per heavy atom. The Kier molecular flexibility index (Phi) is 4.99. The lowest BCUT2D eigenvalue weighted by Gasteiger charge is -2.23. The molecule has 0 spiro atoms. The summed E-state index contributed by atoms with van der Waals surface area (Å²) in [6.07, 6.45) is 1.03. The predicted octanol–water partition coefficient (Wildman–Crippen LogP) is 1.19. The van der Waals surface area contributed by atoms with Gasteiger partial charge in [-0.1, -0.05) is 18.2 Å². The molecule has 1 aliphatic rings. The first-order valence-corrected chi connectivity index (χ1v) is 6.27. The van der Waals surface area contributed by atoms with E-state index >= 15 is 0 Å². The molecule has 0 saturated carbocycles. The molecule has 5 nitrogen and oxygen atoms in total. The first kappa shape index (κ1) is 12.9. The zero-order valence-electron chi connectivity index (χ0n) is 10.3. The number of carbonyl (C=O) groups excluding carboxylic acids is 1. The molecular weight excluding hydrogens is 230 g/mol. The first-order chi connectivity index (χ1) is 8.84. The number of amides is 2. The fourth-order valence-corrected chi connectivity index (χ4v) is 1.85. The molecule has 2 rings (SSSR count). The van der Waals surface area contributed by atoms with Gasteiger partial charge in [0.05, 0.1) is 12.7 Å². The highest BCUT2D eigenvalue weighted by atomic mass is 16.5. The molecule has 1 fully saturated rings. The van der Waals surface area contributed by atoms with Crippen LogP contribution in [0.15, 0.2) is 30.3 Å². The number of benzene rings is 1. The molecule has 1 aromatic carbocycles. The van der Waals surface area contributed by atoms with Gasteiger partial charge in [-0.15, -0.1) is 0 Å². The van der Waals surface area contributed by atoms with E-state index in [1.54, 1.807) is 0 Å². The smallest absolute Gasteiger partial charge is 0.319 e. The van der Waals surface area contributed by atoms with Crippen LogP contribution in [0.3, 0.4) is 0 Å². The van der Waals surface area contributed by atoms with E-state index in [4.69, 9.17) is 4.74 Å². The second kappa shape index (κ2) is 6.98. The lowest BCUT2D eigenvalue weighted by Crippen LogP contribution is -2.41. The van der Waals surface area contributed by atoms with Gasteiger partial charge in [0.25, 0.3) is 0 Å². The maximum atomic E-state index is 11.6. The third-order valence-electron chi connectivity index (χ3n) is 2.79. The number of hydrogen-bond donors (Lipinski definition) is 3. The minimum atomic E-state index is -0.176. The number of morpholine rings is 1. The summed E-state index contributed by atoms with van der Waals surface area (Å²) in [7, 11) is 0. The monoisotopic (exact) mass is 249 g/mol. The predicted molar refractivity (Wildman–Crippen MR) is 70.7 cm³/mol. The molecule has 0 aliphatic carbocycles. The average Bonchev–Trinajstić information content (AvgIpc) is 2.41. The minimum absolute atomic E-state index is 0.176. The Morgan fingerprint density at radius 2 is 2.22 bits per heavy atom. The van der Waals surface area contributed by atoms with Gasteiger partial charge in [-0.05, 0) is 18.6 Å². The molecule has 2 amide bonds. The van der Waals surface area contributed by atoms with E-state index < -0.39 is 0 Å². The molecule has 3 N–H and O–H groups in total. The Balaban J connectivity index is 1.62. The van der Waals surface area contributed by atoms with Crippen molar-refractivity contribution >= 4 is 11.7 Å². The van der Waals surface area contributed by atoms with Crippen molar-refractivity contribution in [1.29, 1.82) is 0 Å². The lowest BCUT2D eigenvalue weighted by atomic mass is 10.2. The van der Waals surface area contributed by atoms with E-state index in [-0.39, 0.29) is 12.1 Å². The Labute approximate surface area is 107 Å². The largest absolute Gasteiger partial charge is 0.376 e. The molecule has 1 aromatic rings. The van der Waals surface area contributed by atoms with Crippen LogP contribution in [-0.4, -0.2) is 38.4 Å². The first-order valence-electron chi connectivity index (χ1n) is 6.27. The summed E-state index contributed by atoms with van der Waals surface area (Å²) in [5.74, 6) is 0. The van der Waals surface area contributed by atoms with Crippen molar-refractivity contribution in [2.45, 2.75) is 12.5 Å². The van der Waals surface area contributed by atoms with Crippen LogP contribution in [0, 0.1) is 0 Å². The third kappa shape index (κ3) is 4.35. The number of para-hydroxylation sites is 1. The van der Waals surface area contributed by atoms with Gasteiger partial charge in [0, 0.05) is 25.3 Å². The minimum Gasteiger partial charge on any atom is -0.376 e. The van der Waals surface area contributed by atoms with Crippen molar-refractivity contribution in [2.24, 2.45) is 0 Å². The van der Waals surface area contributed by atoms with Crippen LogP contribution in [0.5, 0.6) is 0 Å². The third-order valence-corrected chi connectivity index (χ3v) is 2.79. The van der Waals surface area contributed by atoms with Gasteiger partial charge in [0.1, 0.15) is 0 Å². The number of urea groups is 1. The van der Waals surface area contributed by atoms with Gasteiger partial charge >= 0.3 is 6.03 Å². The Morgan fingerprint density at radius 1 is 1.39 bits per heavy atom. The molecule has 98 valence electrons. The summed E-state index contributed by atoms with van der Waals surface area (Å²) in [4.78, 5) is 11.6. The van der Waals surface area contributed by atoms with Crippen molar-refractivity contribution < 1.29 is 9.53 Å². The highest BCUT2D eigenvalue weighted by molar-refractivity contribution is 5.89. The van der Waals surface area contributed by atoms with Crippen LogP contribution < -0.4 is 16.0 Å². The van der Waals surface area contributed by atoms with Crippen LogP contribution >= 0.6 is 0 Å². The topological polar surface area (TPSA) is 62.4 Å². The van der Waals surface area contributed by atoms with Gasteiger partial charge in [-0.25, -0.2) is 4.79 Å². The molecular formula is C13H19N3O2. The standard InChI is InChI=1S/C13H19N3O2/c17-13(16-11-4-2-1-3-5-11)15-7-6-12-10-14-8-9-18-12/h1-5,12,14H,6-10H2,(H2,15,16,17). The Bertz CT molecular complexity index is 364. The van der Waals surface area contributed by atoms with Gasteiger partial charge in [0.2, 0.25) is 0 Å². The van der Waals surface area contributed by atoms with Gasteiger partial charge in [0.15, 0.2) is 0 Å². The molecule has 1 aliphatic heterocycles. The number of ether oxygens (including phenoxy) is 1. The highest BCUT2D eigenvalue weighted by Gasteiger charge is 2.12. The normalized spacial score (nSPS) is 19.2. The van der Waals surface area contributed by atoms with Crippen molar-refractivity contribution in [3.8, 4) is 0 Å². The van der Waals surface area contributed by atoms with E-state index in [1.807, 2.05) is 30.3 Å². The highest BCUT2D eigenvalue weighted by Crippen LogP contribution is 2.04. The second-order valence-electron chi connectivity index (χ2n) is 4.23. The molecule has 0 bridgehead atoms. The van der Waals surface area contributed by atoms with Gasteiger partial charge in [-0.2, -0.15) is 0 Å². The fourth-order valence-electron chi connectivity index (χ4n) is 1.85. The second-order valence-corrected chi connectivity index (χ2v) is 4.23. The molecule has 1 saturated heterocycles. The fraction of sp³-hybridized carbons (Fsp3) is 0.462. The van der Waals surface area contributed by atoms with E-state index in [9.17, 15) is 4.79 Å². The van der Waals surface area contributed by atoms with E-state index in [0.29, 0.717) is 6.54 Å².